The second kappa shape index (κ2) is 5.59. The summed E-state index contributed by atoms with van der Waals surface area (Å²) in [6, 6.07) is 0. The molecule has 3 nitrogen and oxygen atoms in total. The van der Waals surface area contributed by atoms with Gasteiger partial charge in [-0.1, -0.05) is 18.1 Å². The van der Waals surface area contributed by atoms with Gasteiger partial charge in [0.05, 0.1) is 0 Å². The minimum atomic E-state index is -0.929. The molecule has 4 heteroatoms. The molecule has 1 radical (unpaired) electrons. The van der Waals surface area contributed by atoms with Gasteiger partial charge in [0.15, 0.2) is 5.78 Å². The van der Waals surface area contributed by atoms with E-state index in [1.807, 2.05) is 13.0 Å². The van der Waals surface area contributed by atoms with E-state index in [-0.39, 0.29) is 31.6 Å². The Morgan fingerprint density at radius 2 is 2.29 bits per heavy atom. The number of Topliss-reactive ketones (excluding diaryl/α,β-unsaturated/α-hetero) is 1. The third-order valence-electron chi connectivity index (χ3n) is 2.58. The fourth-order valence-electron chi connectivity index (χ4n) is 1.51. The first-order chi connectivity index (χ1) is 6.10. The van der Waals surface area contributed by atoms with E-state index in [4.69, 9.17) is 4.74 Å². The molecule has 0 unspecified atom stereocenters. The molecule has 0 saturated carbocycles. The van der Waals surface area contributed by atoms with E-state index >= 15 is 0 Å². The molecule has 75 valence electrons. The predicted octanol–water partition coefficient (Wildman–Crippen LogP) is 1.53. The summed E-state index contributed by atoms with van der Waals surface area (Å²) in [5, 5.41) is 0. The first-order valence-electron chi connectivity index (χ1n) is 4.32. The molecule has 0 amide bonds. The fourth-order valence-corrected chi connectivity index (χ4v) is 1.51. The maximum atomic E-state index is 11.3. The van der Waals surface area contributed by atoms with Crippen LogP contribution in [0.15, 0.2) is 11.6 Å². The van der Waals surface area contributed by atoms with Gasteiger partial charge in [0.1, 0.15) is 5.60 Å². The van der Waals surface area contributed by atoms with Gasteiger partial charge in [-0.3, -0.25) is 4.79 Å². The number of ether oxygens (including phenoxy) is 1. The minimum Gasteiger partial charge on any atom is -0.643 e. The molecule has 0 aliphatic heterocycles. The molecule has 1 rings (SSSR count). The first kappa shape index (κ1) is 13.8. The van der Waals surface area contributed by atoms with Crippen molar-refractivity contribution in [1.29, 1.82) is 0 Å². The number of carbonyl (C=O) groups excluding carboxylic acids is 2. The molecule has 0 aromatic heterocycles. The number of carbonyl (C=O) groups is 1. The van der Waals surface area contributed by atoms with Crippen molar-refractivity contribution >= 4 is 12.3 Å². The quantitative estimate of drug-likeness (QED) is 0.541. The Bertz CT molecular complexity index is 260. The third kappa shape index (κ3) is 2.87. The zero-order valence-electron chi connectivity index (χ0n) is 8.50. The monoisotopic (exact) mass is 226 g/mol. The van der Waals surface area contributed by atoms with E-state index in [2.05, 4.69) is 0 Å². The van der Waals surface area contributed by atoms with E-state index in [0.717, 1.165) is 6.42 Å². The van der Waals surface area contributed by atoms with Gasteiger partial charge in [0, 0.05) is 32.3 Å². The van der Waals surface area contributed by atoms with Crippen LogP contribution in [0.2, 0.25) is 0 Å². The van der Waals surface area contributed by atoms with Crippen molar-refractivity contribution in [2.45, 2.75) is 38.7 Å². The molecular weight excluding hydrogens is 213 g/mol. The smallest absolute Gasteiger partial charge is 0.170 e. The van der Waals surface area contributed by atoms with Crippen LogP contribution in [0.1, 0.15) is 33.1 Å². The van der Waals surface area contributed by atoms with Crippen molar-refractivity contribution in [1.82, 2.24) is 0 Å². The Morgan fingerprint density at radius 3 is 2.64 bits per heavy atom. The van der Waals surface area contributed by atoms with Gasteiger partial charge in [0.2, 0.25) is 0 Å². The summed E-state index contributed by atoms with van der Waals surface area (Å²) in [6.45, 7) is 4.83. The number of rotatable bonds is 3. The van der Waals surface area contributed by atoms with Crippen LogP contribution in [-0.4, -0.2) is 17.9 Å². The fraction of sp³-hybridized carbons (Fsp3) is 0.600. The largest absolute Gasteiger partial charge is 0.643 e. The Kier molecular flexibility index (Phi) is 5.49. The van der Waals surface area contributed by atoms with E-state index in [9.17, 15) is 9.59 Å². The average Bonchev–Trinajstić information content (AvgIpc) is 2.09. The van der Waals surface area contributed by atoms with Crippen molar-refractivity contribution in [3.05, 3.63) is 11.6 Å². The number of hydrogen-bond acceptors (Lipinski definition) is 3. The van der Waals surface area contributed by atoms with Gasteiger partial charge < -0.3 is 9.53 Å². The summed E-state index contributed by atoms with van der Waals surface area (Å²) in [6.07, 6.45) is 3.83. The standard InChI is InChI=1S/C10H13O3.Sc/c1-8-3-5-10(6-4-8,9(2)12)13-7-11;/h3H,4-6H2,1-2H3;/q-1;/t10-;/m0./s1. The minimum absolute atomic E-state index is 0. The SMILES string of the molecule is CC(=O)[C@]1(O[C-]=O)CC=C(C)CC1.[Sc]. The number of allylic oxidation sites excluding steroid dienone is 1. The summed E-state index contributed by atoms with van der Waals surface area (Å²) in [4.78, 5) is 21.4. The zero-order chi connectivity index (χ0) is 9.90. The molecular formula is C10H13O3Sc-. The Hall–Kier alpha value is -0.250. The molecule has 0 aromatic rings. The van der Waals surface area contributed by atoms with Crippen LogP contribution in [0.5, 0.6) is 0 Å². The van der Waals surface area contributed by atoms with Crippen molar-refractivity contribution in [2.24, 2.45) is 0 Å². The Morgan fingerprint density at radius 1 is 1.64 bits per heavy atom. The normalized spacial score (nSPS) is 25.7. The van der Waals surface area contributed by atoms with Gasteiger partial charge in [-0.25, -0.2) is 0 Å². The summed E-state index contributed by atoms with van der Waals surface area (Å²) in [5.74, 6) is -0.0976. The molecule has 0 bridgehead atoms. The molecule has 0 spiro atoms. The van der Waals surface area contributed by atoms with Crippen LogP contribution in [0, 0.1) is 0 Å². The van der Waals surface area contributed by atoms with Crippen molar-refractivity contribution in [2.75, 3.05) is 0 Å². The third-order valence-corrected chi connectivity index (χ3v) is 2.58. The van der Waals surface area contributed by atoms with Crippen LogP contribution in [0.3, 0.4) is 0 Å². The summed E-state index contributed by atoms with van der Waals surface area (Å²) < 4.78 is 4.78. The summed E-state index contributed by atoms with van der Waals surface area (Å²) in [5.41, 5.74) is 0.313. The van der Waals surface area contributed by atoms with Gasteiger partial charge in [-0.15, -0.1) is 0 Å². The molecule has 0 aromatic carbocycles. The maximum absolute atomic E-state index is 11.3. The van der Waals surface area contributed by atoms with E-state index in [1.165, 1.54) is 19.0 Å². The van der Waals surface area contributed by atoms with Gasteiger partial charge in [-0.05, 0) is 26.7 Å². The van der Waals surface area contributed by atoms with Crippen LogP contribution in [-0.2, 0) is 40.2 Å². The van der Waals surface area contributed by atoms with Crippen molar-refractivity contribution in [3.8, 4) is 0 Å². The zero-order valence-corrected chi connectivity index (χ0v) is 10.3. The second-order valence-electron chi connectivity index (χ2n) is 3.49. The van der Waals surface area contributed by atoms with Crippen LogP contribution >= 0.6 is 0 Å². The Balaban J connectivity index is 0.00000169. The molecule has 0 fully saturated rings. The average molecular weight is 226 g/mol. The molecule has 0 saturated heterocycles. The van der Waals surface area contributed by atoms with E-state index in [1.54, 1.807) is 0 Å². The van der Waals surface area contributed by atoms with E-state index < -0.39 is 5.60 Å². The summed E-state index contributed by atoms with van der Waals surface area (Å²) in [7, 11) is 0. The van der Waals surface area contributed by atoms with Crippen molar-refractivity contribution in [3.63, 3.8) is 0 Å². The topological polar surface area (TPSA) is 43.4 Å². The molecule has 0 heterocycles. The number of hydrogen-bond donors (Lipinski definition) is 0. The predicted molar refractivity (Wildman–Crippen MR) is 47.8 cm³/mol. The molecule has 1 aliphatic rings. The van der Waals surface area contributed by atoms with Gasteiger partial charge >= 0.3 is 0 Å². The number of ketones is 1. The van der Waals surface area contributed by atoms with Crippen LogP contribution in [0.4, 0.5) is 0 Å². The van der Waals surface area contributed by atoms with Crippen LogP contribution < -0.4 is 0 Å². The molecule has 14 heavy (non-hydrogen) atoms. The van der Waals surface area contributed by atoms with Crippen molar-refractivity contribution < 1.29 is 40.2 Å². The van der Waals surface area contributed by atoms with Gasteiger partial charge in [0.25, 0.3) is 0 Å². The molecule has 0 N–H and O–H groups in total. The second-order valence-corrected chi connectivity index (χ2v) is 3.49. The van der Waals surface area contributed by atoms with Gasteiger partial charge in [-0.2, -0.15) is 0 Å². The Labute approximate surface area is 103 Å². The maximum Gasteiger partial charge on any atom is 0.170 e. The molecule has 1 aliphatic carbocycles. The molecule has 1 atom stereocenters. The van der Waals surface area contributed by atoms with E-state index in [0.29, 0.717) is 12.8 Å². The summed E-state index contributed by atoms with van der Waals surface area (Å²) >= 11 is 0. The first-order valence-corrected chi connectivity index (χ1v) is 4.32. The van der Waals surface area contributed by atoms with Crippen LogP contribution in [0.25, 0.3) is 0 Å².